The fraction of sp³-hybridized carbons (Fsp3) is 0.714. The predicted molar refractivity (Wildman–Crippen MR) is 80.2 cm³/mol. The van der Waals surface area contributed by atoms with E-state index in [4.69, 9.17) is 19.6 Å². The molecule has 17 nitrogen and oxygen atoms in total. The van der Waals surface area contributed by atoms with Crippen molar-refractivity contribution in [3.05, 3.63) is 12.4 Å². The summed E-state index contributed by atoms with van der Waals surface area (Å²) in [6.45, 7) is -3.81. The summed E-state index contributed by atoms with van der Waals surface area (Å²) in [5.74, 6) is 0. The molecule has 0 saturated heterocycles. The molecule has 1 heterocycles. The molecule has 0 fully saturated rings. The van der Waals surface area contributed by atoms with Gasteiger partial charge in [0, 0.05) is 12.4 Å². The normalized spacial score (nSPS) is 23.9. The van der Waals surface area contributed by atoms with E-state index in [0.29, 0.717) is 9.80 Å². The van der Waals surface area contributed by atoms with Gasteiger partial charge in [0.05, 0.1) is 19.8 Å². The first-order valence-electron chi connectivity index (χ1n) is 6.42. The fourth-order valence-corrected chi connectivity index (χ4v) is 5.94. The first-order chi connectivity index (χ1) is 11.7. The van der Waals surface area contributed by atoms with Crippen molar-refractivity contribution < 1.29 is 191 Å². The maximum atomic E-state index is 11.1. The molecule has 0 radical (unpaired) electrons. The molecule has 0 aromatic rings. The molecular weight excluding hydrogens is 568 g/mol. The van der Waals surface area contributed by atoms with Gasteiger partial charge < -0.3 is 82.9 Å². The molecule has 8 N–H and O–H groups in total. The van der Waals surface area contributed by atoms with E-state index in [-0.39, 0.29) is 124 Å². The van der Waals surface area contributed by atoms with Crippen molar-refractivity contribution in [2.24, 2.45) is 0 Å². The smallest absolute Gasteiger partial charge is 0.776 e. The first-order valence-corrected chi connectivity index (χ1v) is 12.7. The largest absolute Gasteiger partial charge is 1.00 e. The Hall–Kier alpha value is 3.82. The molecule has 1 aliphatic rings. The summed E-state index contributed by atoms with van der Waals surface area (Å²) in [6, 6.07) is 0. The second kappa shape index (κ2) is 15.4. The Morgan fingerprint density at radius 2 is 0.844 bits per heavy atom. The van der Waals surface area contributed by atoms with Gasteiger partial charge in [-0.05, 0) is 0 Å². The average molecular weight is 584 g/mol. The molecule has 0 amide bonds. The molecule has 1 rings (SSSR count). The van der Waals surface area contributed by atoms with E-state index in [0.717, 1.165) is 12.4 Å². The van der Waals surface area contributed by atoms with Gasteiger partial charge in [0.15, 0.2) is 30.4 Å². The minimum absolute atomic E-state index is 0. The number of hydrogen-bond acceptors (Lipinski definition) is 12. The third-order valence-corrected chi connectivity index (χ3v) is 10.7. The number of β-amino-alcohol motifs (C(OH)–C–C–N with tert-alkyl or cyclic N) is 2. The maximum absolute atomic E-state index is 11.1. The molecule has 0 spiro atoms. The van der Waals surface area contributed by atoms with Crippen molar-refractivity contribution in [1.82, 2.24) is 9.80 Å². The predicted octanol–water partition coefficient (Wildman–Crippen LogP) is -18.3. The second-order valence-corrected chi connectivity index (χ2v) is 13.4. The SMILES string of the molecule is O.O=P([O-])(O)C(O)(CN1C=CN(CC(O)(P(=O)([O-])O)P(=O)([O-])O)C1)P(=O)([O-])O.[Na+].[Na+].[Na+].[Na+]. The van der Waals surface area contributed by atoms with Gasteiger partial charge in [-0.2, -0.15) is 0 Å². The van der Waals surface area contributed by atoms with Crippen LogP contribution in [0.25, 0.3) is 0 Å². The van der Waals surface area contributed by atoms with Gasteiger partial charge in [-0.3, -0.25) is 0 Å². The summed E-state index contributed by atoms with van der Waals surface area (Å²) in [6.07, 6.45) is 1.52. The van der Waals surface area contributed by atoms with Crippen molar-refractivity contribution >= 4 is 30.4 Å². The molecule has 4 atom stereocenters. The zero-order chi connectivity index (χ0) is 21.7. The van der Waals surface area contributed by atoms with Crippen LogP contribution in [0.15, 0.2) is 12.4 Å². The Kier molecular flexibility index (Phi) is 22.0. The van der Waals surface area contributed by atoms with Gasteiger partial charge >= 0.3 is 118 Å². The summed E-state index contributed by atoms with van der Waals surface area (Å²) in [7, 11) is -24.4. The zero-order valence-corrected chi connectivity index (χ0v) is 29.0. The molecule has 4 unspecified atom stereocenters. The van der Waals surface area contributed by atoms with E-state index in [1.165, 1.54) is 0 Å². The van der Waals surface area contributed by atoms with E-state index < -0.39 is 60.3 Å². The Bertz CT molecular complexity index is 698. The van der Waals surface area contributed by atoms with Gasteiger partial charge in [0.1, 0.15) is 0 Å². The maximum Gasteiger partial charge on any atom is 1.00 e. The van der Waals surface area contributed by atoms with Gasteiger partial charge in [0.2, 0.25) is 10.2 Å². The van der Waals surface area contributed by atoms with Gasteiger partial charge in [0.25, 0.3) is 0 Å². The summed E-state index contributed by atoms with van der Waals surface area (Å²) < 4.78 is 44.5. The van der Waals surface area contributed by atoms with Crippen LogP contribution in [0.2, 0.25) is 0 Å². The molecule has 168 valence electrons. The van der Waals surface area contributed by atoms with Crippen molar-refractivity contribution in [3.8, 4) is 0 Å². The van der Waals surface area contributed by atoms with Gasteiger partial charge in [-0.25, -0.2) is 0 Å². The van der Waals surface area contributed by atoms with E-state index in [1.54, 1.807) is 0 Å². The van der Waals surface area contributed by atoms with Crippen LogP contribution in [-0.4, -0.2) is 75.0 Å². The molecule has 25 heteroatoms. The minimum Gasteiger partial charge on any atom is -0.776 e. The monoisotopic (exact) mass is 584 g/mol. The topological polar surface area (TPSA) is 320 Å². The van der Waals surface area contributed by atoms with Crippen LogP contribution in [0, 0.1) is 0 Å². The van der Waals surface area contributed by atoms with Crippen molar-refractivity contribution in [2.75, 3.05) is 19.8 Å². The van der Waals surface area contributed by atoms with Crippen LogP contribution < -0.4 is 138 Å². The summed E-state index contributed by atoms with van der Waals surface area (Å²) in [4.78, 5) is 81.2. The molecule has 0 aromatic heterocycles. The first kappa shape index (κ1) is 45.7. The van der Waals surface area contributed by atoms with Gasteiger partial charge in [-0.15, -0.1) is 0 Å². The zero-order valence-electron chi connectivity index (χ0n) is 17.4. The van der Waals surface area contributed by atoms with E-state index in [1.807, 2.05) is 0 Å². The molecule has 1 aliphatic heterocycles. The van der Waals surface area contributed by atoms with Crippen LogP contribution in [0.5, 0.6) is 0 Å². The van der Waals surface area contributed by atoms with Crippen LogP contribution in [0.1, 0.15) is 0 Å². The summed E-state index contributed by atoms with van der Waals surface area (Å²) in [5, 5.41) is 11.2. The number of hydrogen-bond donors (Lipinski definition) is 6. The van der Waals surface area contributed by atoms with Crippen LogP contribution in [0.4, 0.5) is 0 Å². The van der Waals surface area contributed by atoms with Crippen molar-refractivity contribution in [1.29, 1.82) is 0 Å². The van der Waals surface area contributed by atoms with E-state index in [2.05, 4.69) is 0 Å². The number of rotatable bonds is 8. The van der Waals surface area contributed by atoms with Crippen molar-refractivity contribution in [2.45, 2.75) is 10.2 Å². The fourth-order valence-electron chi connectivity index (χ4n) is 1.94. The van der Waals surface area contributed by atoms with E-state index >= 15 is 0 Å². The summed E-state index contributed by atoms with van der Waals surface area (Å²) in [5.41, 5.74) is 0. The number of nitrogens with zero attached hydrogens (tertiary/aromatic N) is 2. The third-order valence-electron chi connectivity index (χ3n) is 3.49. The Morgan fingerprint density at radius 3 is 1.00 bits per heavy atom. The summed E-state index contributed by atoms with van der Waals surface area (Å²) >= 11 is 0. The molecular formula is C7H16N2Na4O15P4. The van der Waals surface area contributed by atoms with Crippen LogP contribution >= 0.6 is 30.4 Å². The van der Waals surface area contributed by atoms with Crippen LogP contribution in [0.3, 0.4) is 0 Å². The Labute approximate surface area is 270 Å². The van der Waals surface area contributed by atoms with Crippen molar-refractivity contribution in [3.63, 3.8) is 0 Å². The standard InChI is InChI=1S/C7H18N2O14P4.4Na.H2O/c10-6(24(12,13)14,25(15,16)17)3-8-1-2-9(5-8)4-7(11,26(18,19)20)27(21,22)23;;;;;/h1-2,10-11H,3-5H2,(H2,12,13,14)(H2,15,16,17)(H2,18,19,20)(H2,21,22,23);;;;;1H2/q;4*+1;/p-4. The molecule has 0 aromatic carbocycles. The molecule has 0 aliphatic carbocycles. The third kappa shape index (κ3) is 10.5. The molecule has 0 bridgehead atoms. The number of aliphatic hydroxyl groups is 2. The second-order valence-electron chi connectivity index (χ2n) is 5.56. The quantitative estimate of drug-likeness (QED) is 0.114. The van der Waals surface area contributed by atoms with E-state index in [9.17, 15) is 48.0 Å². The van der Waals surface area contributed by atoms with Gasteiger partial charge in [-0.1, -0.05) is 0 Å². The minimum atomic E-state index is -6.11. The average Bonchev–Trinajstić information content (AvgIpc) is 2.80. The molecule has 32 heavy (non-hydrogen) atoms. The van der Waals surface area contributed by atoms with Crippen LogP contribution in [-0.2, 0) is 18.3 Å². The Morgan fingerprint density at radius 1 is 0.656 bits per heavy atom. The molecule has 0 saturated carbocycles. The Balaban J connectivity index is -0.000000486.